The fourth-order valence-corrected chi connectivity index (χ4v) is 3.29. The van der Waals surface area contributed by atoms with E-state index in [0.717, 1.165) is 4.31 Å². The third-order valence-corrected chi connectivity index (χ3v) is 4.92. The van der Waals surface area contributed by atoms with Gasteiger partial charge in [0.1, 0.15) is 17.3 Å². The van der Waals surface area contributed by atoms with Gasteiger partial charge in [-0.1, -0.05) is 17.5 Å². The van der Waals surface area contributed by atoms with E-state index in [0.29, 0.717) is 12.1 Å². The van der Waals surface area contributed by atoms with Gasteiger partial charge in [0.25, 0.3) is 0 Å². The minimum atomic E-state index is -3.81. The average Bonchev–Trinajstić information content (AvgIpc) is 2.89. The van der Waals surface area contributed by atoms with Crippen LogP contribution >= 0.6 is 11.6 Å². The summed E-state index contributed by atoms with van der Waals surface area (Å²) in [6.45, 7) is 0.445. The summed E-state index contributed by atoms with van der Waals surface area (Å²) >= 11 is 5.79. The highest BCUT2D eigenvalue weighted by molar-refractivity contribution is 7.89. The number of hydrogen-bond donors (Lipinski definition) is 1. The van der Waals surface area contributed by atoms with Gasteiger partial charge in [0, 0.05) is 31.5 Å². The van der Waals surface area contributed by atoms with Gasteiger partial charge >= 0.3 is 0 Å². The van der Waals surface area contributed by atoms with E-state index in [1.54, 1.807) is 17.1 Å². The summed E-state index contributed by atoms with van der Waals surface area (Å²) in [5, 5.41) is 4.24. The molecule has 2 heterocycles. The van der Waals surface area contributed by atoms with Crippen LogP contribution in [0.2, 0.25) is 5.02 Å². The minimum absolute atomic E-state index is 0.0979. The molecule has 2 aromatic heterocycles. The number of aromatic nitrogens is 3. The van der Waals surface area contributed by atoms with E-state index in [9.17, 15) is 8.42 Å². The first-order chi connectivity index (χ1) is 10.3. The Morgan fingerprint density at radius 2 is 2.23 bits per heavy atom. The molecule has 7 nitrogen and oxygen atoms in total. The zero-order valence-electron chi connectivity index (χ0n) is 11.8. The topological polar surface area (TPSA) is 94.1 Å². The van der Waals surface area contributed by atoms with Gasteiger partial charge < -0.3 is 5.73 Å². The maximum absolute atomic E-state index is 12.5. The summed E-state index contributed by atoms with van der Waals surface area (Å²) in [7, 11) is -2.37. The molecule has 116 valence electrons. The van der Waals surface area contributed by atoms with Gasteiger partial charge in [-0.05, 0) is 6.07 Å². The van der Waals surface area contributed by atoms with Crippen molar-refractivity contribution in [2.45, 2.75) is 18.0 Å². The molecular formula is C13H14ClN5O2S. The lowest BCUT2D eigenvalue weighted by Crippen LogP contribution is -2.27. The van der Waals surface area contributed by atoms with Crippen molar-refractivity contribution >= 4 is 27.4 Å². The number of halogens is 1. The quantitative estimate of drug-likeness (QED) is 0.819. The Labute approximate surface area is 133 Å². The van der Waals surface area contributed by atoms with Crippen molar-refractivity contribution in [2.75, 3.05) is 12.8 Å². The number of rotatable bonds is 5. The summed E-state index contributed by atoms with van der Waals surface area (Å²) in [6.07, 6.45) is 9.73. The molecule has 0 saturated carbocycles. The molecule has 0 aliphatic heterocycles. The van der Waals surface area contributed by atoms with Crippen molar-refractivity contribution in [3.63, 3.8) is 0 Å². The number of nitrogens with two attached hydrogens (primary N) is 1. The fraction of sp³-hybridized carbons (Fsp3) is 0.231. The van der Waals surface area contributed by atoms with Gasteiger partial charge in [-0.25, -0.2) is 13.4 Å². The van der Waals surface area contributed by atoms with Crippen LogP contribution in [0.4, 0.5) is 5.82 Å². The number of hydrogen-bond acceptors (Lipinski definition) is 5. The van der Waals surface area contributed by atoms with Crippen LogP contribution in [0.25, 0.3) is 0 Å². The summed E-state index contributed by atoms with van der Waals surface area (Å²) in [5.41, 5.74) is 6.34. The van der Waals surface area contributed by atoms with Gasteiger partial charge in [-0.2, -0.15) is 9.40 Å². The van der Waals surface area contributed by atoms with Crippen LogP contribution in [0.5, 0.6) is 0 Å². The molecule has 0 aromatic carbocycles. The Morgan fingerprint density at radius 3 is 2.91 bits per heavy atom. The van der Waals surface area contributed by atoms with Crippen LogP contribution in [0.15, 0.2) is 29.6 Å². The summed E-state index contributed by atoms with van der Waals surface area (Å²) in [4.78, 5) is 3.64. The fourth-order valence-electron chi connectivity index (χ4n) is 1.82. The lowest BCUT2D eigenvalue weighted by molar-refractivity contribution is 0.466. The Balaban J connectivity index is 2.25. The molecule has 2 N–H and O–H groups in total. The molecule has 0 bridgehead atoms. The molecule has 0 saturated heterocycles. The highest BCUT2D eigenvalue weighted by Crippen LogP contribution is 2.24. The Bertz CT molecular complexity index is 825. The molecule has 0 radical (unpaired) electrons. The van der Waals surface area contributed by atoms with E-state index < -0.39 is 10.0 Å². The molecule has 2 aromatic rings. The minimum Gasteiger partial charge on any atom is -0.383 e. The Kier molecular flexibility index (Phi) is 4.71. The number of sulfonamides is 1. The smallest absolute Gasteiger partial charge is 0.246 e. The molecular weight excluding hydrogens is 326 g/mol. The molecule has 0 aliphatic rings. The maximum atomic E-state index is 12.5. The van der Waals surface area contributed by atoms with Gasteiger partial charge in [0.05, 0.1) is 11.2 Å². The molecule has 0 unspecified atom stereocenters. The molecule has 2 rings (SSSR count). The van der Waals surface area contributed by atoms with Crippen LogP contribution < -0.4 is 5.73 Å². The molecule has 0 spiro atoms. The predicted octanol–water partition coefficient (Wildman–Crippen LogP) is 0.968. The third-order valence-electron chi connectivity index (χ3n) is 2.88. The van der Waals surface area contributed by atoms with Gasteiger partial charge in [-0.3, -0.25) is 4.68 Å². The number of anilines is 1. The van der Waals surface area contributed by atoms with Crippen molar-refractivity contribution in [3.8, 4) is 12.3 Å². The molecule has 0 amide bonds. The monoisotopic (exact) mass is 339 g/mol. The van der Waals surface area contributed by atoms with E-state index in [2.05, 4.69) is 16.0 Å². The van der Waals surface area contributed by atoms with Crippen molar-refractivity contribution in [1.82, 2.24) is 19.1 Å². The van der Waals surface area contributed by atoms with Crippen LogP contribution in [0.3, 0.4) is 0 Å². The first-order valence-electron chi connectivity index (χ1n) is 6.16. The molecule has 9 heteroatoms. The van der Waals surface area contributed by atoms with E-state index in [1.165, 1.54) is 19.3 Å². The van der Waals surface area contributed by atoms with Crippen LogP contribution in [0, 0.1) is 12.3 Å². The second-order valence-electron chi connectivity index (χ2n) is 4.55. The number of nitrogens with zero attached hydrogens (tertiary/aromatic N) is 4. The number of terminal acetylenes is 1. The van der Waals surface area contributed by atoms with E-state index in [-0.39, 0.29) is 22.3 Å². The number of pyridine rings is 1. The Hall–Kier alpha value is -2.08. The van der Waals surface area contributed by atoms with E-state index in [4.69, 9.17) is 23.8 Å². The lowest BCUT2D eigenvalue weighted by Gasteiger charge is -2.17. The van der Waals surface area contributed by atoms with Crippen LogP contribution in [-0.4, -0.2) is 34.5 Å². The normalized spacial score (nSPS) is 11.5. The predicted molar refractivity (Wildman–Crippen MR) is 83.4 cm³/mol. The van der Waals surface area contributed by atoms with Gasteiger partial charge in [0.2, 0.25) is 10.0 Å². The Morgan fingerprint density at radius 1 is 1.50 bits per heavy atom. The molecule has 22 heavy (non-hydrogen) atoms. The van der Waals surface area contributed by atoms with Crippen molar-refractivity contribution in [1.29, 1.82) is 0 Å². The second-order valence-corrected chi connectivity index (χ2v) is 7.00. The summed E-state index contributed by atoms with van der Waals surface area (Å²) in [5.74, 6) is 2.35. The lowest BCUT2D eigenvalue weighted by atomic mass is 10.4. The SMILES string of the molecule is C#CCn1cc(CN(C)S(=O)(=O)c2cc(Cl)cnc2N)cn1. The summed E-state index contributed by atoms with van der Waals surface area (Å²) < 4.78 is 27.8. The first-order valence-corrected chi connectivity index (χ1v) is 7.98. The van der Waals surface area contributed by atoms with Crippen LogP contribution in [-0.2, 0) is 23.1 Å². The highest BCUT2D eigenvalue weighted by Gasteiger charge is 2.25. The van der Waals surface area contributed by atoms with Crippen LogP contribution in [0.1, 0.15) is 5.56 Å². The van der Waals surface area contributed by atoms with Crippen molar-refractivity contribution in [3.05, 3.63) is 35.2 Å². The average molecular weight is 340 g/mol. The van der Waals surface area contributed by atoms with Gasteiger partial charge in [0.15, 0.2) is 0 Å². The third kappa shape index (κ3) is 3.39. The maximum Gasteiger partial charge on any atom is 0.246 e. The standard InChI is InChI=1S/C13H14ClN5O2S/c1-3-4-19-9-10(6-17-19)8-18(2)22(20,21)12-5-11(14)7-16-13(12)15/h1,5-7,9H,4,8H2,2H3,(H2,15,16). The zero-order valence-corrected chi connectivity index (χ0v) is 13.3. The molecule has 0 fully saturated rings. The van der Waals surface area contributed by atoms with E-state index >= 15 is 0 Å². The second kappa shape index (κ2) is 6.36. The highest BCUT2D eigenvalue weighted by atomic mass is 35.5. The molecule has 0 aliphatic carbocycles. The molecule has 0 atom stereocenters. The largest absolute Gasteiger partial charge is 0.383 e. The van der Waals surface area contributed by atoms with Crippen molar-refractivity contribution < 1.29 is 8.42 Å². The summed E-state index contributed by atoms with van der Waals surface area (Å²) in [6, 6.07) is 1.28. The first kappa shape index (κ1) is 16.3. The van der Waals surface area contributed by atoms with E-state index in [1.807, 2.05) is 0 Å². The van der Waals surface area contributed by atoms with Crippen molar-refractivity contribution in [2.24, 2.45) is 0 Å². The number of nitrogen functional groups attached to an aromatic ring is 1. The zero-order chi connectivity index (χ0) is 16.3. The van der Waals surface area contributed by atoms with Gasteiger partial charge in [-0.15, -0.1) is 6.42 Å².